The van der Waals surface area contributed by atoms with Crippen LogP contribution in [-0.2, 0) is 17.6 Å². The van der Waals surface area contributed by atoms with Crippen LogP contribution in [0.3, 0.4) is 0 Å². The lowest BCUT2D eigenvalue weighted by Gasteiger charge is -2.15. The van der Waals surface area contributed by atoms with E-state index in [0.29, 0.717) is 10.6 Å². The maximum Gasteiger partial charge on any atom is 0.260 e. The number of hydrogen-bond donors (Lipinski definition) is 2. The maximum absolute atomic E-state index is 11.9. The summed E-state index contributed by atoms with van der Waals surface area (Å²) < 4.78 is 10.5. The van der Waals surface area contributed by atoms with Gasteiger partial charge in [0, 0.05) is 18.2 Å². The lowest BCUT2D eigenvalue weighted by molar-refractivity contribution is 0.0511. The highest BCUT2D eigenvalue weighted by Crippen LogP contribution is 2.43. The molecular weight excluding hydrogens is 374 g/mol. The zero-order valence-corrected chi connectivity index (χ0v) is 16.6. The van der Waals surface area contributed by atoms with Crippen molar-refractivity contribution in [2.24, 2.45) is 5.73 Å². The van der Waals surface area contributed by atoms with Gasteiger partial charge in [-0.25, -0.2) is 4.98 Å². The van der Waals surface area contributed by atoms with E-state index in [1.54, 1.807) is 7.11 Å². The van der Waals surface area contributed by atoms with Crippen molar-refractivity contribution in [1.82, 2.24) is 4.98 Å². The molecule has 2 heterocycles. The predicted molar refractivity (Wildman–Crippen MR) is 112 cm³/mol. The quantitative estimate of drug-likeness (QED) is 0.502. The largest absolute Gasteiger partial charge is 0.468 e. The van der Waals surface area contributed by atoms with Crippen LogP contribution in [0.2, 0.25) is 0 Å². The molecule has 146 valence electrons. The average molecular weight is 398 g/mol. The van der Waals surface area contributed by atoms with Crippen LogP contribution >= 0.6 is 11.3 Å². The third-order valence-electron chi connectivity index (χ3n) is 5.11. The molecule has 4 rings (SSSR count). The Morgan fingerprint density at radius 1 is 1.18 bits per heavy atom. The Hall–Kier alpha value is -2.64. The van der Waals surface area contributed by atoms with Gasteiger partial charge >= 0.3 is 0 Å². The zero-order valence-electron chi connectivity index (χ0n) is 15.8. The lowest BCUT2D eigenvalue weighted by atomic mass is 9.92. The number of nitrogens with zero attached hydrogens (tertiary/aromatic N) is 1. The van der Waals surface area contributed by atoms with Gasteiger partial charge in [-0.3, -0.25) is 4.79 Å². The van der Waals surface area contributed by atoms with E-state index in [1.165, 1.54) is 23.3 Å². The SMILES string of the molecule is COCOc1ccc(-c2c3c(nc4sc(C(N)=O)c(N)c24)CCCCC3)cc1. The van der Waals surface area contributed by atoms with E-state index in [4.69, 9.17) is 25.9 Å². The number of carbonyl (C=O) groups is 1. The van der Waals surface area contributed by atoms with Crippen molar-refractivity contribution in [2.45, 2.75) is 32.1 Å². The summed E-state index contributed by atoms with van der Waals surface area (Å²) in [5.74, 6) is 0.225. The first-order valence-electron chi connectivity index (χ1n) is 9.36. The number of benzene rings is 1. The molecule has 0 atom stereocenters. The fourth-order valence-electron chi connectivity index (χ4n) is 3.83. The van der Waals surface area contributed by atoms with Crippen LogP contribution in [0.5, 0.6) is 5.75 Å². The van der Waals surface area contributed by atoms with Crippen molar-refractivity contribution < 1.29 is 14.3 Å². The normalized spacial score (nSPS) is 13.9. The number of fused-ring (bicyclic) bond motifs is 2. The summed E-state index contributed by atoms with van der Waals surface area (Å²) in [6.07, 6.45) is 5.33. The Morgan fingerprint density at radius 2 is 1.93 bits per heavy atom. The summed E-state index contributed by atoms with van der Waals surface area (Å²) >= 11 is 1.28. The van der Waals surface area contributed by atoms with Crippen LogP contribution in [-0.4, -0.2) is 24.8 Å². The highest BCUT2D eigenvalue weighted by molar-refractivity contribution is 7.21. The van der Waals surface area contributed by atoms with Gasteiger partial charge in [-0.1, -0.05) is 18.6 Å². The number of rotatable bonds is 5. The highest BCUT2D eigenvalue weighted by atomic mass is 32.1. The smallest absolute Gasteiger partial charge is 0.260 e. The number of primary amides is 1. The van der Waals surface area contributed by atoms with Crippen LogP contribution in [0.1, 0.15) is 40.2 Å². The average Bonchev–Trinajstić information content (AvgIpc) is 2.87. The number of amides is 1. The van der Waals surface area contributed by atoms with Crippen LogP contribution in [0.4, 0.5) is 5.69 Å². The van der Waals surface area contributed by atoms with Gasteiger partial charge in [0.2, 0.25) is 0 Å². The Bertz CT molecular complexity index is 1030. The van der Waals surface area contributed by atoms with Crippen LogP contribution in [0.25, 0.3) is 21.3 Å². The van der Waals surface area contributed by atoms with E-state index in [0.717, 1.165) is 58.5 Å². The van der Waals surface area contributed by atoms with Crippen LogP contribution < -0.4 is 16.2 Å². The molecule has 0 saturated carbocycles. The first-order chi connectivity index (χ1) is 13.6. The molecule has 1 aromatic carbocycles. The van der Waals surface area contributed by atoms with Gasteiger partial charge in [-0.15, -0.1) is 11.3 Å². The third kappa shape index (κ3) is 3.31. The molecule has 1 aliphatic carbocycles. The number of aryl methyl sites for hydroxylation is 1. The van der Waals surface area contributed by atoms with Crippen molar-refractivity contribution in [3.8, 4) is 16.9 Å². The second-order valence-corrected chi connectivity index (χ2v) is 7.94. The van der Waals surface area contributed by atoms with Gasteiger partial charge in [0.25, 0.3) is 5.91 Å². The summed E-state index contributed by atoms with van der Waals surface area (Å²) in [5, 5.41) is 0.838. The highest BCUT2D eigenvalue weighted by Gasteiger charge is 2.24. The van der Waals surface area contributed by atoms with Gasteiger partial charge < -0.3 is 20.9 Å². The summed E-state index contributed by atoms with van der Waals surface area (Å²) in [4.78, 5) is 17.9. The number of hydrogen-bond acceptors (Lipinski definition) is 6. The van der Waals surface area contributed by atoms with Gasteiger partial charge in [0.15, 0.2) is 6.79 Å². The van der Waals surface area contributed by atoms with E-state index in [-0.39, 0.29) is 6.79 Å². The van der Waals surface area contributed by atoms with E-state index >= 15 is 0 Å². The van der Waals surface area contributed by atoms with E-state index < -0.39 is 5.91 Å². The van der Waals surface area contributed by atoms with Gasteiger partial charge in [-0.2, -0.15) is 0 Å². The molecule has 4 N–H and O–H groups in total. The van der Waals surface area contributed by atoms with Crippen LogP contribution in [0.15, 0.2) is 24.3 Å². The fraction of sp³-hybridized carbons (Fsp3) is 0.333. The fourth-order valence-corrected chi connectivity index (χ4v) is 4.81. The number of aromatic nitrogens is 1. The number of ether oxygens (including phenoxy) is 2. The Kier molecular flexibility index (Phi) is 5.19. The minimum atomic E-state index is -0.509. The number of pyridine rings is 1. The van der Waals surface area contributed by atoms with Crippen molar-refractivity contribution in [2.75, 3.05) is 19.6 Å². The first-order valence-corrected chi connectivity index (χ1v) is 10.2. The second kappa shape index (κ2) is 7.77. The molecule has 3 aromatic rings. The summed E-state index contributed by atoms with van der Waals surface area (Å²) in [6, 6.07) is 7.88. The molecule has 0 fully saturated rings. The standard InChI is InChI=1S/C21H23N3O3S/c1-26-11-27-13-9-7-12(8-10-13)16-14-5-3-2-4-6-15(14)24-21-17(16)18(22)19(28-21)20(23)25/h7-10H,2-6,11,22H2,1H3,(H2,23,25). The molecule has 28 heavy (non-hydrogen) atoms. The van der Waals surface area contributed by atoms with Crippen LogP contribution in [0, 0.1) is 0 Å². The van der Waals surface area contributed by atoms with E-state index in [9.17, 15) is 4.79 Å². The maximum atomic E-state index is 11.9. The zero-order chi connectivity index (χ0) is 19.7. The Labute approximate surface area is 167 Å². The number of anilines is 1. The minimum absolute atomic E-state index is 0.202. The molecule has 2 aromatic heterocycles. The van der Waals surface area contributed by atoms with E-state index in [1.807, 2.05) is 24.3 Å². The number of nitrogens with two attached hydrogens (primary N) is 2. The number of thiophene rings is 1. The molecule has 0 aliphatic heterocycles. The lowest BCUT2D eigenvalue weighted by Crippen LogP contribution is -2.10. The minimum Gasteiger partial charge on any atom is -0.468 e. The van der Waals surface area contributed by atoms with Gasteiger partial charge in [0.05, 0.1) is 5.69 Å². The number of carbonyl (C=O) groups excluding carboxylic acids is 1. The van der Waals surface area contributed by atoms with Crippen molar-refractivity contribution in [3.63, 3.8) is 0 Å². The third-order valence-corrected chi connectivity index (χ3v) is 6.23. The summed E-state index contributed by atoms with van der Waals surface area (Å²) in [7, 11) is 1.59. The first kappa shape index (κ1) is 18.7. The van der Waals surface area contributed by atoms with Crippen molar-refractivity contribution in [3.05, 3.63) is 40.4 Å². The molecule has 7 heteroatoms. The summed E-state index contributed by atoms with van der Waals surface area (Å²) in [5.41, 5.74) is 16.8. The Balaban J connectivity index is 1.94. The number of nitrogen functional groups attached to an aromatic ring is 1. The monoisotopic (exact) mass is 397 g/mol. The molecule has 1 aliphatic rings. The molecule has 0 bridgehead atoms. The second-order valence-electron chi connectivity index (χ2n) is 6.94. The summed E-state index contributed by atoms with van der Waals surface area (Å²) in [6.45, 7) is 0.202. The molecule has 0 saturated heterocycles. The van der Waals surface area contributed by atoms with Gasteiger partial charge in [0.1, 0.15) is 15.5 Å². The van der Waals surface area contributed by atoms with Crippen molar-refractivity contribution in [1.29, 1.82) is 0 Å². The molecule has 0 spiro atoms. The Morgan fingerprint density at radius 3 is 2.64 bits per heavy atom. The topological polar surface area (TPSA) is 100 Å². The van der Waals surface area contributed by atoms with Crippen molar-refractivity contribution >= 4 is 33.1 Å². The molecule has 1 amide bonds. The molecule has 0 radical (unpaired) electrons. The molecule has 6 nitrogen and oxygen atoms in total. The predicted octanol–water partition coefficient (Wildman–Crippen LogP) is 3.90. The molecular formula is C21H23N3O3S. The van der Waals surface area contributed by atoms with Gasteiger partial charge in [-0.05, 0) is 54.5 Å². The van der Waals surface area contributed by atoms with E-state index in [2.05, 4.69) is 0 Å². The molecule has 0 unspecified atom stereocenters. The number of methoxy groups -OCH3 is 1.